The van der Waals surface area contributed by atoms with E-state index < -0.39 is 5.97 Å². The molecule has 0 bridgehead atoms. The van der Waals surface area contributed by atoms with Crippen LogP contribution < -0.4 is 0 Å². The van der Waals surface area contributed by atoms with Crippen LogP contribution in [0.15, 0.2) is 23.3 Å². The largest absolute Gasteiger partial charge is 0.481 e. The van der Waals surface area contributed by atoms with Gasteiger partial charge in [0.2, 0.25) is 0 Å². The van der Waals surface area contributed by atoms with Crippen molar-refractivity contribution in [1.82, 2.24) is 0 Å². The number of fused-ring (bicyclic) bond motifs is 1. The Hall–Kier alpha value is -1.09. The highest BCUT2D eigenvalue weighted by molar-refractivity contribution is 5.71. The summed E-state index contributed by atoms with van der Waals surface area (Å²) in [6.07, 6.45) is 9.87. The molecule has 1 fully saturated rings. The van der Waals surface area contributed by atoms with E-state index in [0.717, 1.165) is 44.1 Å². The van der Waals surface area contributed by atoms with Gasteiger partial charge in [0.05, 0.1) is 12.5 Å². The van der Waals surface area contributed by atoms with E-state index in [9.17, 15) is 9.90 Å². The molecule has 2 aliphatic carbocycles. The van der Waals surface area contributed by atoms with Gasteiger partial charge in [0.25, 0.3) is 0 Å². The Labute approximate surface area is 140 Å². The first-order valence-electron chi connectivity index (χ1n) is 8.92. The van der Waals surface area contributed by atoms with Crippen LogP contribution in [0.4, 0.5) is 0 Å². The van der Waals surface area contributed by atoms with Crippen molar-refractivity contribution in [3.63, 3.8) is 0 Å². The van der Waals surface area contributed by atoms with Gasteiger partial charge in [-0.05, 0) is 69.1 Å². The van der Waals surface area contributed by atoms with Gasteiger partial charge in [0.1, 0.15) is 0 Å². The molecule has 0 aliphatic heterocycles. The van der Waals surface area contributed by atoms with Crippen molar-refractivity contribution in [2.75, 3.05) is 6.61 Å². The summed E-state index contributed by atoms with van der Waals surface area (Å²) >= 11 is 0. The summed E-state index contributed by atoms with van der Waals surface area (Å²) < 4.78 is 0. The molecule has 2 aliphatic rings. The Kier molecular flexibility index (Phi) is 5.40. The zero-order chi connectivity index (χ0) is 17.3. The molecule has 23 heavy (non-hydrogen) atoms. The van der Waals surface area contributed by atoms with Crippen molar-refractivity contribution < 1.29 is 15.0 Å². The number of aliphatic hydroxyl groups excluding tert-OH is 1. The lowest BCUT2D eigenvalue weighted by Crippen LogP contribution is -2.52. The second-order valence-corrected chi connectivity index (χ2v) is 8.10. The summed E-state index contributed by atoms with van der Waals surface area (Å²) in [7, 11) is 0. The molecule has 2 N–H and O–H groups in total. The molecule has 0 unspecified atom stereocenters. The summed E-state index contributed by atoms with van der Waals surface area (Å²) in [6.45, 7) is 8.87. The van der Waals surface area contributed by atoms with Gasteiger partial charge in [-0.3, -0.25) is 4.79 Å². The van der Waals surface area contributed by atoms with E-state index in [-0.39, 0.29) is 23.4 Å². The van der Waals surface area contributed by atoms with Crippen LogP contribution >= 0.6 is 0 Å². The number of allylic oxidation sites excluding steroid dienone is 3. The van der Waals surface area contributed by atoms with Gasteiger partial charge in [0, 0.05) is 0 Å². The first-order valence-corrected chi connectivity index (χ1v) is 8.92. The van der Waals surface area contributed by atoms with Gasteiger partial charge in [-0.2, -0.15) is 0 Å². The van der Waals surface area contributed by atoms with Crippen LogP contribution in [-0.2, 0) is 4.79 Å². The van der Waals surface area contributed by atoms with Gasteiger partial charge in [-0.1, -0.05) is 37.1 Å². The number of carboxylic acids is 1. The average molecular weight is 320 g/mol. The van der Waals surface area contributed by atoms with Gasteiger partial charge < -0.3 is 10.2 Å². The molecular formula is C20H32O3. The molecule has 0 aromatic carbocycles. The van der Waals surface area contributed by atoms with Crippen LogP contribution in [0.3, 0.4) is 0 Å². The number of aliphatic hydroxyl groups is 1. The monoisotopic (exact) mass is 320 g/mol. The number of rotatable bonds is 5. The summed E-state index contributed by atoms with van der Waals surface area (Å²) in [5.74, 6) is -0.462. The van der Waals surface area contributed by atoms with E-state index in [1.807, 2.05) is 13.0 Å². The quantitative estimate of drug-likeness (QED) is 0.730. The van der Waals surface area contributed by atoms with Crippen LogP contribution in [0, 0.1) is 22.7 Å². The third-order valence-electron chi connectivity index (χ3n) is 6.92. The number of hydrogen-bond acceptors (Lipinski definition) is 2. The second kappa shape index (κ2) is 6.80. The number of carboxylic acid groups (broad SMARTS) is 1. The van der Waals surface area contributed by atoms with Crippen LogP contribution in [0.1, 0.15) is 66.2 Å². The topological polar surface area (TPSA) is 57.5 Å². The first kappa shape index (κ1) is 18.3. The number of hydrogen-bond donors (Lipinski definition) is 2. The van der Waals surface area contributed by atoms with Crippen molar-refractivity contribution >= 4 is 5.97 Å². The van der Waals surface area contributed by atoms with Crippen molar-refractivity contribution in [2.24, 2.45) is 22.7 Å². The molecule has 0 saturated heterocycles. The first-order chi connectivity index (χ1) is 10.8. The van der Waals surface area contributed by atoms with Gasteiger partial charge >= 0.3 is 5.97 Å². The second-order valence-electron chi connectivity index (χ2n) is 8.10. The summed E-state index contributed by atoms with van der Waals surface area (Å²) in [5.41, 5.74) is 2.58. The third-order valence-corrected chi connectivity index (χ3v) is 6.92. The van der Waals surface area contributed by atoms with Gasteiger partial charge in [-0.15, -0.1) is 0 Å². The van der Waals surface area contributed by atoms with Crippen LogP contribution in [0.25, 0.3) is 0 Å². The minimum absolute atomic E-state index is 0.0634. The average Bonchev–Trinajstić information content (AvgIpc) is 2.47. The Bertz CT molecular complexity index is 519. The van der Waals surface area contributed by atoms with Crippen LogP contribution in [0.2, 0.25) is 0 Å². The zero-order valence-electron chi connectivity index (χ0n) is 15.1. The van der Waals surface area contributed by atoms with Gasteiger partial charge in [0.15, 0.2) is 0 Å². The maximum atomic E-state index is 11.9. The number of aliphatic carboxylic acids is 1. The molecule has 1 saturated carbocycles. The third kappa shape index (κ3) is 3.26. The SMILES string of the molecule is CC1=CCC[C@@H]2[C@](C)(CC/C(C)=C/CO)[C@H](C(=O)O)CC[C@@]12C. The molecule has 0 radical (unpaired) electrons. The van der Waals surface area contributed by atoms with Crippen molar-refractivity contribution in [2.45, 2.75) is 66.2 Å². The van der Waals surface area contributed by atoms with Crippen molar-refractivity contribution in [1.29, 1.82) is 0 Å². The maximum absolute atomic E-state index is 11.9. The predicted molar refractivity (Wildman–Crippen MR) is 93.1 cm³/mol. The Morgan fingerprint density at radius 1 is 1.39 bits per heavy atom. The van der Waals surface area contributed by atoms with E-state index in [2.05, 4.69) is 26.8 Å². The zero-order valence-corrected chi connectivity index (χ0v) is 15.1. The summed E-state index contributed by atoms with van der Waals surface area (Å²) in [5, 5.41) is 18.9. The van der Waals surface area contributed by atoms with E-state index >= 15 is 0 Å². The van der Waals surface area contributed by atoms with E-state index in [4.69, 9.17) is 5.11 Å². The molecule has 0 aromatic rings. The lowest BCUT2D eigenvalue weighted by molar-refractivity contribution is -0.156. The lowest BCUT2D eigenvalue weighted by atomic mass is 9.46. The molecule has 0 aromatic heterocycles. The molecule has 130 valence electrons. The highest BCUT2D eigenvalue weighted by atomic mass is 16.4. The highest BCUT2D eigenvalue weighted by Gasteiger charge is 2.56. The van der Waals surface area contributed by atoms with Crippen LogP contribution in [-0.4, -0.2) is 22.8 Å². The molecule has 3 nitrogen and oxygen atoms in total. The van der Waals surface area contributed by atoms with Crippen molar-refractivity contribution in [3.05, 3.63) is 23.3 Å². The van der Waals surface area contributed by atoms with E-state index in [1.165, 1.54) is 5.57 Å². The Balaban J connectivity index is 2.34. The fourth-order valence-electron chi connectivity index (χ4n) is 5.22. The minimum atomic E-state index is -0.634. The molecule has 3 heteroatoms. The van der Waals surface area contributed by atoms with E-state index in [1.54, 1.807) is 0 Å². The van der Waals surface area contributed by atoms with Crippen LogP contribution in [0.5, 0.6) is 0 Å². The molecule has 0 heterocycles. The normalized spacial score (nSPS) is 38.0. The predicted octanol–water partition coefficient (Wildman–Crippen LogP) is 4.57. The Morgan fingerprint density at radius 3 is 2.70 bits per heavy atom. The fourth-order valence-corrected chi connectivity index (χ4v) is 5.22. The molecule has 0 spiro atoms. The summed E-state index contributed by atoms with van der Waals surface area (Å²) in [6, 6.07) is 0. The highest BCUT2D eigenvalue weighted by Crippen LogP contribution is 2.62. The molecule has 0 amide bonds. The van der Waals surface area contributed by atoms with Gasteiger partial charge in [-0.25, -0.2) is 0 Å². The van der Waals surface area contributed by atoms with E-state index in [0.29, 0.717) is 5.92 Å². The smallest absolute Gasteiger partial charge is 0.307 e. The fraction of sp³-hybridized carbons (Fsp3) is 0.750. The van der Waals surface area contributed by atoms with Crippen molar-refractivity contribution in [3.8, 4) is 0 Å². The lowest BCUT2D eigenvalue weighted by Gasteiger charge is -2.57. The minimum Gasteiger partial charge on any atom is -0.481 e. The number of carbonyl (C=O) groups is 1. The summed E-state index contributed by atoms with van der Waals surface area (Å²) in [4.78, 5) is 11.9. The Morgan fingerprint density at radius 2 is 2.09 bits per heavy atom. The molecular weight excluding hydrogens is 288 g/mol. The standard InChI is InChI=1S/C20H32O3/c1-14(10-13-21)8-11-20(4)16(18(22)23)9-12-19(3)15(2)6-5-7-17(19)20/h6,10,16-17,21H,5,7-9,11-13H2,1-4H3,(H,22,23)/b14-10+/t16-,17-,19-,20+/m0/s1. The maximum Gasteiger partial charge on any atom is 0.307 e. The molecule has 2 rings (SSSR count). The molecule has 4 atom stereocenters.